The third-order valence-corrected chi connectivity index (χ3v) is 2.47. The van der Waals surface area contributed by atoms with E-state index in [2.05, 4.69) is 20.9 Å². The minimum absolute atomic E-state index is 0.0102. The van der Waals surface area contributed by atoms with E-state index in [0.717, 1.165) is 6.07 Å². The van der Waals surface area contributed by atoms with E-state index in [-0.39, 0.29) is 10.2 Å². The Morgan fingerprint density at radius 1 is 1.65 bits per heavy atom. The highest BCUT2D eigenvalue weighted by Gasteiger charge is 2.26. The number of nitrogens with zero attached hydrogens (tertiary/aromatic N) is 2. The van der Waals surface area contributed by atoms with Gasteiger partial charge >= 0.3 is 5.97 Å². The molecule has 0 bridgehead atoms. The standard InChI is InChI=1S/C8H5BrF2N2O4/c9-3-1-5(13(16)17)7(8(10)11)12-4(3)2-6(14)15/h1,8H,2H2,(H,14,15). The molecule has 1 aromatic rings. The molecule has 6 nitrogen and oxygen atoms in total. The predicted octanol–water partition coefficient (Wildman–Crippen LogP) is 2.32. The number of nitro groups is 1. The average Bonchev–Trinajstić information content (AvgIpc) is 2.19. The molecule has 92 valence electrons. The molecule has 0 aliphatic heterocycles. The van der Waals surface area contributed by atoms with E-state index in [4.69, 9.17) is 5.11 Å². The molecular formula is C8H5BrF2N2O4. The van der Waals surface area contributed by atoms with E-state index in [9.17, 15) is 23.7 Å². The summed E-state index contributed by atoms with van der Waals surface area (Å²) < 4.78 is 25.0. The fourth-order valence-corrected chi connectivity index (χ4v) is 1.55. The number of carboxylic acids is 1. The summed E-state index contributed by atoms with van der Waals surface area (Å²) in [4.78, 5) is 23.3. The van der Waals surface area contributed by atoms with Crippen LogP contribution in [-0.2, 0) is 11.2 Å². The van der Waals surface area contributed by atoms with Gasteiger partial charge in [-0.15, -0.1) is 0 Å². The Kier molecular flexibility index (Phi) is 4.05. The second-order valence-corrected chi connectivity index (χ2v) is 3.80. The molecule has 0 unspecified atom stereocenters. The first-order valence-corrected chi connectivity index (χ1v) is 4.96. The highest BCUT2D eigenvalue weighted by atomic mass is 79.9. The Morgan fingerprint density at radius 2 is 2.24 bits per heavy atom. The van der Waals surface area contributed by atoms with Gasteiger partial charge in [0.1, 0.15) is 0 Å². The second kappa shape index (κ2) is 5.13. The van der Waals surface area contributed by atoms with Gasteiger partial charge in [-0.05, 0) is 15.9 Å². The van der Waals surface area contributed by atoms with Crippen LogP contribution in [0.25, 0.3) is 0 Å². The van der Waals surface area contributed by atoms with Crippen molar-refractivity contribution in [2.24, 2.45) is 0 Å². The van der Waals surface area contributed by atoms with Crippen molar-refractivity contribution in [3.05, 3.63) is 32.0 Å². The maximum absolute atomic E-state index is 12.5. The maximum atomic E-state index is 12.5. The number of carboxylic acid groups (broad SMARTS) is 1. The van der Waals surface area contributed by atoms with Crippen LogP contribution in [-0.4, -0.2) is 21.0 Å². The predicted molar refractivity (Wildman–Crippen MR) is 54.9 cm³/mol. The Bertz CT molecular complexity index is 481. The van der Waals surface area contributed by atoms with Crippen molar-refractivity contribution in [1.82, 2.24) is 4.98 Å². The zero-order chi connectivity index (χ0) is 13.2. The lowest BCUT2D eigenvalue weighted by Crippen LogP contribution is -2.08. The number of hydrogen-bond donors (Lipinski definition) is 1. The van der Waals surface area contributed by atoms with Crippen LogP contribution in [0.2, 0.25) is 0 Å². The third kappa shape index (κ3) is 3.16. The highest BCUT2D eigenvalue weighted by molar-refractivity contribution is 9.10. The van der Waals surface area contributed by atoms with E-state index in [1.165, 1.54) is 0 Å². The molecule has 1 aromatic heterocycles. The Balaban J connectivity index is 3.34. The lowest BCUT2D eigenvalue weighted by atomic mass is 10.2. The third-order valence-electron chi connectivity index (χ3n) is 1.78. The first-order valence-electron chi connectivity index (χ1n) is 4.16. The van der Waals surface area contributed by atoms with Crippen LogP contribution in [0.4, 0.5) is 14.5 Å². The fraction of sp³-hybridized carbons (Fsp3) is 0.250. The van der Waals surface area contributed by atoms with Crippen LogP contribution in [0.1, 0.15) is 17.8 Å². The molecule has 0 amide bonds. The number of rotatable bonds is 4. The van der Waals surface area contributed by atoms with Crippen LogP contribution >= 0.6 is 15.9 Å². The van der Waals surface area contributed by atoms with Crippen molar-refractivity contribution in [3.8, 4) is 0 Å². The zero-order valence-electron chi connectivity index (χ0n) is 8.06. The summed E-state index contributed by atoms with van der Waals surface area (Å²) >= 11 is 2.85. The quantitative estimate of drug-likeness (QED) is 0.680. The first kappa shape index (κ1) is 13.4. The SMILES string of the molecule is O=C(O)Cc1nc(C(F)F)c([N+](=O)[O-])cc1Br. The summed E-state index contributed by atoms with van der Waals surface area (Å²) in [6.45, 7) is 0. The molecule has 0 saturated carbocycles. The molecule has 0 saturated heterocycles. The molecule has 0 atom stereocenters. The molecule has 17 heavy (non-hydrogen) atoms. The second-order valence-electron chi connectivity index (χ2n) is 2.95. The summed E-state index contributed by atoms with van der Waals surface area (Å²) in [5.41, 5.74) is -2.06. The Hall–Kier alpha value is -1.64. The number of aromatic nitrogens is 1. The van der Waals surface area contributed by atoms with E-state index in [0.29, 0.717) is 0 Å². The van der Waals surface area contributed by atoms with Crippen LogP contribution in [0.3, 0.4) is 0 Å². The number of hydrogen-bond acceptors (Lipinski definition) is 4. The van der Waals surface area contributed by atoms with E-state index < -0.39 is 35.1 Å². The van der Waals surface area contributed by atoms with Crippen molar-refractivity contribution < 1.29 is 23.6 Å². The fourth-order valence-electron chi connectivity index (χ4n) is 1.11. The van der Waals surface area contributed by atoms with Crippen LogP contribution < -0.4 is 0 Å². The van der Waals surface area contributed by atoms with Crippen molar-refractivity contribution >= 4 is 27.6 Å². The van der Waals surface area contributed by atoms with Gasteiger partial charge in [-0.3, -0.25) is 14.9 Å². The Labute approximate surface area is 102 Å². The molecule has 0 fully saturated rings. The molecule has 0 aliphatic rings. The van der Waals surface area contributed by atoms with Crippen LogP contribution in [0.5, 0.6) is 0 Å². The minimum atomic E-state index is -3.14. The lowest BCUT2D eigenvalue weighted by molar-refractivity contribution is -0.386. The topological polar surface area (TPSA) is 93.3 Å². The summed E-state index contributed by atoms with van der Waals surface area (Å²) in [7, 11) is 0. The van der Waals surface area contributed by atoms with E-state index >= 15 is 0 Å². The van der Waals surface area contributed by atoms with Gasteiger partial charge < -0.3 is 5.11 Å². The monoisotopic (exact) mass is 310 g/mol. The number of aliphatic carboxylic acids is 1. The van der Waals surface area contributed by atoms with Crippen molar-refractivity contribution in [2.75, 3.05) is 0 Å². The first-order chi connectivity index (χ1) is 7.82. The largest absolute Gasteiger partial charge is 0.481 e. The molecule has 1 heterocycles. The summed E-state index contributed by atoms with van der Waals surface area (Å²) in [6, 6.07) is 0.826. The molecule has 1 N–H and O–H groups in total. The smallest absolute Gasteiger partial charge is 0.309 e. The molecule has 9 heteroatoms. The van der Waals surface area contributed by atoms with Gasteiger partial charge in [0.05, 0.1) is 17.0 Å². The van der Waals surface area contributed by atoms with E-state index in [1.807, 2.05) is 0 Å². The minimum Gasteiger partial charge on any atom is -0.481 e. The molecular weight excluding hydrogens is 306 g/mol. The van der Waals surface area contributed by atoms with Crippen molar-refractivity contribution in [3.63, 3.8) is 0 Å². The molecule has 0 aromatic carbocycles. The van der Waals surface area contributed by atoms with E-state index in [1.54, 1.807) is 0 Å². The van der Waals surface area contributed by atoms with Gasteiger partial charge in [-0.2, -0.15) is 0 Å². The Morgan fingerprint density at radius 3 is 2.65 bits per heavy atom. The van der Waals surface area contributed by atoms with Gasteiger partial charge in [0.2, 0.25) is 0 Å². The summed E-state index contributed by atoms with van der Waals surface area (Å²) in [5, 5.41) is 19.0. The van der Waals surface area contributed by atoms with Gasteiger partial charge in [0.25, 0.3) is 12.1 Å². The van der Waals surface area contributed by atoms with Crippen LogP contribution in [0, 0.1) is 10.1 Å². The number of carbonyl (C=O) groups is 1. The number of pyridine rings is 1. The molecule has 0 spiro atoms. The average molecular weight is 311 g/mol. The van der Waals surface area contributed by atoms with Gasteiger partial charge in [0, 0.05) is 10.5 Å². The lowest BCUT2D eigenvalue weighted by Gasteiger charge is -2.05. The van der Waals surface area contributed by atoms with Crippen molar-refractivity contribution in [2.45, 2.75) is 12.8 Å². The summed E-state index contributed by atoms with van der Waals surface area (Å²) in [6.07, 6.45) is -3.74. The normalized spacial score (nSPS) is 10.6. The van der Waals surface area contributed by atoms with Crippen molar-refractivity contribution in [1.29, 1.82) is 0 Å². The van der Waals surface area contributed by atoms with Gasteiger partial charge in [-0.25, -0.2) is 13.8 Å². The number of alkyl halides is 2. The zero-order valence-corrected chi connectivity index (χ0v) is 9.65. The van der Waals surface area contributed by atoms with Crippen LogP contribution in [0.15, 0.2) is 10.5 Å². The number of halogens is 3. The highest BCUT2D eigenvalue weighted by Crippen LogP contribution is 2.31. The molecule has 0 radical (unpaired) electrons. The van der Waals surface area contributed by atoms with Gasteiger partial charge in [-0.1, -0.05) is 0 Å². The molecule has 0 aliphatic carbocycles. The summed E-state index contributed by atoms with van der Waals surface area (Å²) in [5.74, 6) is -1.27. The van der Waals surface area contributed by atoms with Gasteiger partial charge in [0.15, 0.2) is 5.69 Å². The molecule has 1 rings (SSSR count). The maximum Gasteiger partial charge on any atom is 0.309 e.